The molecule has 0 spiro atoms. The number of nitrogens with zero attached hydrogens (tertiary/aromatic N) is 4. The summed E-state index contributed by atoms with van der Waals surface area (Å²) in [6.45, 7) is 9.03. The van der Waals surface area contributed by atoms with Crippen molar-refractivity contribution < 1.29 is 0 Å². The maximum Gasteiger partial charge on any atom is 0.171 e. The summed E-state index contributed by atoms with van der Waals surface area (Å²) in [6, 6.07) is 0.0993. The van der Waals surface area contributed by atoms with Crippen molar-refractivity contribution in [3.8, 4) is 0 Å². The van der Waals surface area contributed by atoms with Gasteiger partial charge in [0.15, 0.2) is 5.11 Å². The van der Waals surface area contributed by atoms with Crippen LogP contribution in [0.15, 0.2) is 12.4 Å². The summed E-state index contributed by atoms with van der Waals surface area (Å²) in [5.41, 5.74) is 4.14. The third-order valence-corrected chi connectivity index (χ3v) is 3.83. The second kappa shape index (κ2) is 6.26. The van der Waals surface area contributed by atoms with E-state index in [0.717, 1.165) is 29.2 Å². The molecule has 2 N–H and O–H groups in total. The van der Waals surface area contributed by atoms with Gasteiger partial charge in [0.05, 0.1) is 29.3 Å². The quantitative estimate of drug-likeness (QED) is 0.849. The lowest BCUT2D eigenvalue weighted by Crippen LogP contribution is -2.31. The first kappa shape index (κ1) is 15.5. The van der Waals surface area contributed by atoms with E-state index in [9.17, 15) is 0 Å². The lowest BCUT2D eigenvalue weighted by Gasteiger charge is -2.16. The molecule has 1 atom stereocenters. The second-order valence-electron chi connectivity index (χ2n) is 5.11. The standard InChI is InChI=1S/C14H22N6S/c1-6-20-8-12(10(3)18-20)9(2)16-14(21)17-13-7-15-19(5)11(13)4/h7-9H,6H2,1-5H3,(H2,16,17,21). The highest BCUT2D eigenvalue weighted by Crippen LogP contribution is 2.17. The van der Waals surface area contributed by atoms with Crippen LogP contribution in [0.5, 0.6) is 0 Å². The van der Waals surface area contributed by atoms with Crippen LogP contribution in [0.4, 0.5) is 5.69 Å². The minimum atomic E-state index is 0.0993. The molecule has 0 saturated carbocycles. The van der Waals surface area contributed by atoms with Crippen LogP contribution in [0.1, 0.15) is 36.8 Å². The van der Waals surface area contributed by atoms with Gasteiger partial charge in [-0.15, -0.1) is 0 Å². The Labute approximate surface area is 130 Å². The molecule has 0 aliphatic carbocycles. The van der Waals surface area contributed by atoms with Gasteiger partial charge in [-0.25, -0.2) is 0 Å². The summed E-state index contributed by atoms with van der Waals surface area (Å²) >= 11 is 5.37. The number of rotatable bonds is 4. The summed E-state index contributed by atoms with van der Waals surface area (Å²) in [7, 11) is 1.90. The van der Waals surface area contributed by atoms with Gasteiger partial charge in [-0.05, 0) is 39.9 Å². The molecule has 0 saturated heterocycles. The van der Waals surface area contributed by atoms with Crippen LogP contribution in [0.25, 0.3) is 0 Å². The molecule has 21 heavy (non-hydrogen) atoms. The normalized spacial score (nSPS) is 12.2. The first-order valence-corrected chi connectivity index (χ1v) is 7.43. The average Bonchev–Trinajstić information content (AvgIpc) is 2.96. The zero-order valence-electron chi connectivity index (χ0n) is 13.1. The Kier molecular flexibility index (Phi) is 4.62. The van der Waals surface area contributed by atoms with Crippen molar-refractivity contribution >= 4 is 23.0 Å². The predicted molar refractivity (Wildman–Crippen MR) is 88.4 cm³/mol. The summed E-state index contributed by atoms with van der Waals surface area (Å²) in [4.78, 5) is 0. The summed E-state index contributed by atoms with van der Waals surface area (Å²) in [5, 5.41) is 15.7. The summed E-state index contributed by atoms with van der Waals surface area (Å²) < 4.78 is 3.74. The number of hydrogen-bond acceptors (Lipinski definition) is 3. The van der Waals surface area contributed by atoms with Crippen LogP contribution in [0, 0.1) is 13.8 Å². The smallest absolute Gasteiger partial charge is 0.171 e. The van der Waals surface area contributed by atoms with Crippen molar-refractivity contribution in [1.29, 1.82) is 0 Å². The van der Waals surface area contributed by atoms with Gasteiger partial charge in [0, 0.05) is 25.4 Å². The van der Waals surface area contributed by atoms with Gasteiger partial charge >= 0.3 is 0 Å². The predicted octanol–water partition coefficient (Wildman–Crippen LogP) is 2.30. The molecule has 6 nitrogen and oxygen atoms in total. The molecule has 0 radical (unpaired) electrons. The monoisotopic (exact) mass is 306 g/mol. The van der Waals surface area contributed by atoms with Crippen LogP contribution in [-0.2, 0) is 13.6 Å². The molecule has 2 heterocycles. The van der Waals surface area contributed by atoms with Crippen molar-refractivity contribution in [1.82, 2.24) is 24.9 Å². The number of anilines is 1. The fourth-order valence-electron chi connectivity index (χ4n) is 2.17. The third-order valence-electron chi connectivity index (χ3n) is 3.61. The first-order chi connectivity index (χ1) is 9.92. The number of aromatic nitrogens is 4. The van der Waals surface area contributed by atoms with Crippen molar-refractivity contribution in [2.75, 3.05) is 5.32 Å². The summed E-state index contributed by atoms with van der Waals surface area (Å²) in [5.74, 6) is 0. The molecule has 0 fully saturated rings. The van der Waals surface area contributed by atoms with E-state index in [4.69, 9.17) is 12.2 Å². The number of aryl methyl sites for hydroxylation is 3. The van der Waals surface area contributed by atoms with Gasteiger partial charge in [-0.1, -0.05) is 0 Å². The Morgan fingerprint density at radius 3 is 2.67 bits per heavy atom. The molecule has 2 aromatic rings. The van der Waals surface area contributed by atoms with Crippen LogP contribution < -0.4 is 10.6 Å². The first-order valence-electron chi connectivity index (χ1n) is 7.02. The van der Waals surface area contributed by atoms with E-state index in [1.54, 1.807) is 6.20 Å². The van der Waals surface area contributed by atoms with Gasteiger partial charge < -0.3 is 10.6 Å². The van der Waals surface area contributed by atoms with Gasteiger partial charge in [-0.3, -0.25) is 9.36 Å². The highest BCUT2D eigenvalue weighted by atomic mass is 32.1. The Bertz CT molecular complexity index is 642. The fraction of sp³-hybridized carbons (Fsp3) is 0.500. The minimum Gasteiger partial charge on any atom is -0.356 e. The number of hydrogen-bond donors (Lipinski definition) is 2. The molecule has 0 aromatic carbocycles. The molecule has 0 aliphatic rings. The zero-order valence-corrected chi connectivity index (χ0v) is 14.0. The molecule has 114 valence electrons. The van der Waals surface area contributed by atoms with E-state index in [2.05, 4.69) is 40.9 Å². The van der Waals surface area contributed by atoms with Crippen molar-refractivity contribution in [2.24, 2.45) is 7.05 Å². The molecule has 0 amide bonds. The molecule has 1 unspecified atom stereocenters. The Morgan fingerprint density at radius 1 is 1.43 bits per heavy atom. The molecule has 2 aromatic heterocycles. The molecule has 2 rings (SSSR count). The number of thiocarbonyl (C=S) groups is 1. The highest BCUT2D eigenvalue weighted by Gasteiger charge is 2.14. The van der Waals surface area contributed by atoms with Gasteiger partial charge in [0.25, 0.3) is 0 Å². The molecule has 0 aliphatic heterocycles. The van der Waals surface area contributed by atoms with Crippen molar-refractivity contribution in [2.45, 2.75) is 40.3 Å². The van der Waals surface area contributed by atoms with Crippen LogP contribution in [0.2, 0.25) is 0 Å². The third kappa shape index (κ3) is 3.41. The molecular weight excluding hydrogens is 284 g/mol. The number of nitrogens with one attached hydrogen (secondary N) is 2. The SMILES string of the molecule is CCn1cc(C(C)NC(=S)Nc2cnn(C)c2C)c(C)n1. The molecule has 7 heteroatoms. The Hall–Kier alpha value is -1.89. The van der Waals surface area contributed by atoms with Gasteiger partial charge in [-0.2, -0.15) is 10.2 Å². The lowest BCUT2D eigenvalue weighted by molar-refractivity contribution is 0.651. The summed E-state index contributed by atoms with van der Waals surface area (Å²) in [6.07, 6.45) is 3.83. The van der Waals surface area contributed by atoms with Crippen LogP contribution in [-0.4, -0.2) is 24.7 Å². The minimum absolute atomic E-state index is 0.0993. The van der Waals surface area contributed by atoms with Crippen LogP contribution in [0.3, 0.4) is 0 Å². The van der Waals surface area contributed by atoms with E-state index in [0.29, 0.717) is 5.11 Å². The molecular formula is C14H22N6S. The van der Waals surface area contributed by atoms with E-state index in [-0.39, 0.29) is 6.04 Å². The highest BCUT2D eigenvalue weighted by molar-refractivity contribution is 7.80. The van der Waals surface area contributed by atoms with E-state index >= 15 is 0 Å². The molecule has 0 bridgehead atoms. The van der Waals surface area contributed by atoms with Crippen LogP contribution >= 0.6 is 12.2 Å². The lowest BCUT2D eigenvalue weighted by atomic mass is 10.1. The largest absolute Gasteiger partial charge is 0.356 e. The second-order valence-corrected chi connectivity index (χ2v) is 5.52. The van der Waals surface area contributed by atoms with E-state index in [1.807, 2.05) is 30.3 Å². The van der Waals surface area contributed by atoms with Crippen molar-refractivity contribution in [3.05, 3.63) is 29.3 Å². The fourth-order valence-corrected chi connectivity index (χ4v) is 2.46. The zero-order chi connectivity index (χ0) is 15.6. The van der Waals surface area contributed by atoms with E-state index < -0.39 is 0 Å². The average molecular weight is 306 g/mol. The van der Waals surface area contributed by atoms with Gasteiger partial charge in [0.1, 0.15) is 0 Å². The van der Waals surface area contributed by atoms with E-state index in [1.165, 1.54) is 0 Å². The topological polar surface area (TPSA) is 59.7 Å². The maximum atomic E-state index is 5.37. The maximum absolute atomic E-state index is 5.37. The van der Waals surface area contributed by atoms with Crippen molar-refractivity contribution in [3.63, 3.8) is 0 Å². The Morgan fingerprint density at radius 2 is 2.14 bits per heavy atom. The van der Waals surface area contributed by atoms with Gasteiger partial charge in [0.2, 0.25) is 0 Å². The Balaban J connectivity index is 2.01.